The summed E-state index contributed by atoms with van der Waals surface area (Å²) in [5, 5.41) is 11.5. The zero-order chi connectivity index (χ0) is 27.5. The van der Waals surface area contributed by atoms with Crippen molar-refractivity contribution in [2.75, 3.05) is 19.1 Å². The van der Waals surface area contributed by atoms with Crippen LogP contribution in [-0.4, -0.2) is 31.0 Å². The SMILES string of the molecule is COc1ccc(OC)c(/C(O)=C2\C(=O)C(=O)N(c3cccc(F)c3)C2c2cccc(Oc3ccccc3)c2)c1. The average molecular weight is 526 g/mol. The fraction of sp³-hybridized carbons (Fsp3) is 0.0968. The van der Waals surface area contributed by atoms with Crippen LogP contribution in [0.5, 0.6) is 23.0 Å². The highest BCUT2D eigenvalue weighted by Crippen LogP contribution is 2.44. The van der Waals surface area contributed by atoms with Gasteiger partial charge in [-0.05, 0) is 66.2 Å². The van der Waals surface area contributed by atoms with Gasteiger partial charge in [-0.2, -0.15) is 0 Å². The molecular weight excluding hydrogens is 501 g/mol. The monoisotopic (exact) mass is 525 g/mol. The van der Waals surface area contributed by atoms with E-state index in [0.717, 1.165) is 6.07 Å². The molecule has 0 radical (unpaired) electrons. The van der Waals surface area contributed by atoms with Crippen molar-refractivity contribution in [1.29, 1.82) is 0 Å². The van der Waals surface area contributed by atoms with Crippen LogP contribution < -0.4 is 19.1 Å². The van der Waals surface area contributed by atoms with E-state index in [4.69, 9.17) is 14.2 Å². The Morgan fingerprint density at radius 3 is 2.26 bits per heavy atom. The van der Waals surface area contributed by atoms with Crippen LogP contribution in [0.25, 0.3) is 5.76 Å². The molecule has 4 aromatic rings. The number of amides is 1. The summed E-state index contributed by atoms with van der Waals surface area (Å²) >= 11 is 0. The third-order valence-electron chi connectivity index (χ3n) is 6.35. The first-order chi connectivity index (χ1) is 18.9. The molecule has 39 heavy (non-hydrogen) atoms. The topological polar surface area (TPSA) is 85.3 Å². The van der Waals surface area contributed by atoms with Crippen LogP contribution in [0.3, 0.4) is 0 Å². The molecule has 4 aromatic carbocycles. The zero-order valence-corrected chi connectivity index (χ0v) is 21.1. The number of ketones is 1. The van der Waals surface area contributed by atoms with Gasteiger partial charge in [0, 0.05) is 5.69 Å². The first-order valence-electron chi connectivity index (χ1n) is 12.0. The molecule has 5 rings (SSSR count). The molecule has 7 nitrogen and oxygen atoms in total. The van der Waals surface area contributed by atoms with Crippen molar-refractivity contribution in [2.45, 2.75) is 6.04 Å². The maximum Gasteiger partial charge on any atom is 0.300 e. The Hall–Kier alpha value is -5.11. The van der Waals surface area contributed by atoms with E-state index in [1.165, 1.54) is 43.4 Å². The van der Waals surface area contributed by atoms with Crippen molar-refractivity contribution < 1.29 is 33.3 Å². The molecular formula is C31H24FNO6. The summed E-state index contributed by atoms with van der Waals surface area (Å²) < 4.78 is 30.9. The quantitative estimate of drug-likeness (QED) is 0.174. The number of Topliss-reactive ketones (excluding diaryl/α,β-unsaturated/α-hetero) is 1. The fourth-order valence-corrected chi connectivity index (χ4v) is 4.56. The largest absolute Gasteiger partial charge is 0.507 e. The number of aliphatic hydroxyl groups excluding tert-OH is 1. The fourth-order valence-electron chi connectivity index (χ4n) is 4.56. The molecule has 1 N–H and O–H groups in total. The van der Waals surface area contributed by atoms with Gasteiger partial charge in [0.2, 0.25) is 0 Å². The number of carbonyl (C=O) groups excluding carboxylic acids is 2. The third kappa shape index (κ3) is 4.92. The van der Waals surface area contributed by atoms with Gasteiger partial charge < -0.3 is 19.3 Å². The lowest BCUT2D eigenvalue weighted by atomic mass is 9.94. The third-order valence-corrected chi connectivity index (χ3v) is 6.35. The summed E-state index contributed by atoms with van der Waals surface area (Å²) in [5.74, 6) is -1.16. The maximum atomic E-state index is 14.2. The van der Waals surface area contributed by atoms with Crippen molar-refractivity contribution in [1.82, 2.24) is 0 Å². The van der Waals surface area contributed by atoms with E-state index in [2.05, 4.69) is 0 Å². The number of rotatable bonds is 7. The Kier molecular flexibility index (Phi) is 7.01. The Morgan fingerprint density at radius 1 is 0.795 bits per heavy atom. The summed E-state index contributed by atoms with van der Waals surface area (Å²) in [7, 11) is 2.89. The Morgan fingerprint density at radius 2 is 1.54 bits per heavy atom. The molecule has 8 heteroatoms. The maximum absolute atomic E-state index is 14.2. The first-order valence-corrected chi connectivity index (χ1v) is 12.0. The molecule has 1 amide bonds. The van der Waals surface area contributed by atoms with Gasteiger partial charge in [-0.1, -0.05) is 36.4 Å². The minimum Gasteiger partial charge on any atom is -0.507 e. The van der Waals surface area contributed by atoms with Gasteiger partial charge in [0.15, 0.2) is 0 Å². The second kappa shape index (κ2) is 10.7. The number of carbonyl (C=O) groups is 2. The number of anilines is 1. The summed E-state index contributed by atoms with van der Waals surface area (Å²) in [6, 6.07) is 24.9. The molecule has 0 aliphatic carbocycles. The molecule has 1 saturated heterocycles. The number of ether oxygens (including phenoxy) is 3. The lowest BCUT2D eigenvalue weighted by Crippen LogP contribution is -2.29. The van der Waals surface area contributed by atoms with Gasteiger partial charge in [-0.25, -0.2) is 4.39 Å². The first kappa shape index (κ1) is 25.5. The molecule has 1 aliphatic heterocycles. The number of halogens is 1. The Balaban J connectivity index is 1.71. The number of hydrogen-bond donors (Lipinski definition) is 1. The van der Waals surface area contributed by atoms with Gasteiger partial charge in [-0.3, -0.25) is 14.5 Å². The molecule has 0 aromatic heterocycles. The number of benzene rings is 4. The van der Waals surface area contributed by atoms with E-state index in [1.54, 1.807) is 48.5 Å². The van der Waals surface area contributed by atoms with Gasteiger partial charge in [0.25, 0.3) is 11.7 Å². The second-order valence-electron chi connectivity index (χ2n) is 8.70. The predicted molar refractivity (Wildman–Crippen MR) is 144 cm³/mol. The Labute approximate surface area is 224 Å². The van der Waals surface area contributed by atoms with Crippen LogP contribution >= 0.6 is 0 Å². The van der Waals surface area contributed by atoms with E-state index >= 15 is 0 Å². The molecule has 1 aliphatic rings. The average Bonchev–Trinajstić information content (AvgIpc) is 3.23. The molecule has 0 bridgehead atoms. The number of para-hydroxylation sites is 1. The smallest absolute Gasteiger partial charge is 0.300 e. The Bertz CT molecular complexity index is 1580. The van der Waals surface area contributed by atoms with Crippen LogP contribution in [0.1, 0.15) is 17.2 Å². The van der Waals surface area contributed by atoms with Gasteiger partial charge >= 0.3 is 0 Å². The van der Waals surface area contributed by atoms with Gasteiger partial charge in [-0.15, -0.1) is 0 Å². The highest BCUT2D eigenvalue weighted by atomic mass is 19.1. The van der Waals surface area contributed by atoms with Crippen molar-refractivity contribution in [3.05, 3.63) is 120 Å². The summed E-state index contributed by atoms with van der Waals surface area (Å²) in [6.07, 6.45) is 0. The molecule has 196 valence electrons. The lowest BCUT2D eigenvalue weighted by molar-refractivity contribution is -0.132. The molecule has 1 atom stereocenters. The second-order valence-corrected chi connectivity index (χ2v) is 8.70. The van der Waals surface area contributed by atoms with Crippen molar-refractivity contribution in [2.24, 2.45) is 0 Å². The minimum atomic E-state index is -1.10. The van der Waals surface area contributed by atoms with Crippen molar-refractivity contribution in [3.8, 4) is 23.0 Å². The molecule has 0 saturated carbocycles. The van der Waals surface area contributed by atoms with E-state index in [0.29, 0.717) is 22.8 Å². The summed E-state index contributed by atoms with van der Waals surface area (Å²) in [6.45, 7) is 0. The lowest BCUT2D eigenvalue weighted by Gasteiger charge is -2.26. The van der Waals surface area contributed by atoms with Crippen molar-refractivity contribution in [3.63, 3.8) is 0 Å². The molecule has 1 fully saturated rings. The molecule has 1 unspecified atom stereocenters. The van der Waals surface area contributed by atoms with E-state index < -0.39 is 29.3 Å². The minimum absolute atomic E-state index is 0.160. The number of nitrogens with zero attached hydrogens (tertiary/aromatic N) is 1. The van der Waals surface area contributed by atoms with E-state index in [-0.39, 0.29) is 22.6 Å². The molecule has 0 spiro atoms. The van der Waals surface area contributed by atoms with Crippen LogP contribution in [0.4, 0.5) is 10.1 Å². The van der Waals surface area contributed by atoms with Crippen LogP contribution in [0.2, 0.25) is 0 Å². The normalized spacial score (nSPS) is 16.3. The predicted octanol–water partition coefficient (Wildman–Crippen LogP) is 6.26. The highest BCUT2D eigenvalue weighted by Gasteiger charge is 2.47. The zero-order valence-electron chi connectivity index (χ0n) is 21.1. The van der Waals surface area contributed by atoms with Crippen LogP contribution in [0, 0.1) is 5.82 Å². The van der Waals surface area contributed by atoms with Crippen LogP contribution in [0.15, 0.2) is 103 Å². The van der Waals surface area contributed by atoms with Gasteiger partial charge in [0.05, 0.1) is 31.4 Å². The number of aliphatic hydroxyl groups is 1. The molecule has 1 heterocycles. The summed E-state index contributed by atoms with van der Waals surface area (Å²) in [4.78, 5) is 28.1. The van der Waals surface area contributed by atoms with E-state index in [9.17, 15) is 19.1 Å². The van der Waals surface area contributed by atoms with Crippen LogP contribution in [-0.2, 0) is 9.59 Å². The van der Waals surface area contributed by atoms with E-state index in [1.807, 2.05) is 18.2 Å². The number of hydrogen-bond acceptors (Lipinski definition) is 6. The number of methoxy groups -OCH3 is 2. The van der Waals surface area contributed by atoms with Gasteiger partial charge in [0.1, 0.15) is 34.6 Å². The summed E-state index contributed by atoms with van der Waals surface area (Å²) in [5.41, 5.74) is 0.604. The van der Waals surface area contributed by atoms with Crippen molar-refractivity contribution >= 4 is 23.1 Å². The highest BCUT2D eigenvalue weighted by molar-refractivity contribution is 6.51. The standard InChI is InChI=1S/C31H24FNO6/c1-37-23-14-15-26(38-2)25(18-23)29(34)27-28(33(31(36)30(27)35)21-10-7-9-20(32)17-21)19-8-6-13-24(16-19)39-22-11-4-3-5-12-22/h3-18,28,34H,1-2H3/b29-27+.